The molecule has 7 heteroatoms. The summed E-state index contributed by atoms with van der Waals surface area (Å²) in [5.74, 6) is 0.688. The van der Waals surface area contributed by atoms with Crippen LogP contribution in [0.3, 0.4) is 0 Å². The molecule has 0 spiro atoms. The van der Waals surface area contributed by atoms with E-state index in [2.05, 4.69) is 5.32 Å². The van der Waals surface area contributed by atoms with E-state index in [0.717, 1.165) is 19.4 Å². The van der Waals surface area contributed by atoms with Gasteiger partial charge in [0.2, 0.25) is 12.0 Å². The zero-order chi connectivity index (χ0) is 17.1. The molecule has 1 saturated heterocycles. The number of fused-ring (bicyclic) bond motifs is 1. The summed E-state index contributed by atoms with van der Waals surface area (Å²) in [6.45, 7) is 3.48. The molecule has 3 rings (SSSR count). The minimum absolute atomic E-state index is 0.0152. The lowest BCUT2D eigenvalue weighted by atomic mass is 10.0. The summed E-state index contributed by atoms with van der Waals surface area (Å²) in [6, 6.07) is 7.30. The molecule has 0 bridgehead atoms. The Kier molecular flexibility index (Phi) is 4.89. The lowest BCUT2D eigenvalue weighted by Crippen LogP contribution is -2.55. The third-order valence-corrected chi connectivity index (χ3v) is 4.33. The highest BCUT2D eigenvalue weighted by molar-refractivity contribution is 5.82. The van der Waals surface area contributed by atoms with Gasteiger partial charge in [-0.3, -0.25) is 14.5 Å². The van der Waals surface area contributed by atoms with Crippen molar-refractivity contribution >= 4 is 11.8 Å². The first-order chi connectivity index (χ1) is 11.5. The molecule has 1 fully saturated rings. The van der Waals surface area contributed by atoms with E-state index in [9.17, 15) is 9.59 Å². The first-order valence-corrected chi connectivity index (χ1v) is 8.26. The van der Waals surface area contributed by atoms with Crippen LogP contribution in [0.5, 0.6) is 11.5 Å². The summed E-state index contributed by atoms with van der Waals surface area (Å²) < 4.78 is 11.6. The molecule has 0 saturated carbocycles. The van der Waals surface area contributed by atoms with Crippen LogP contribution in [-0.2, 0) is 9.59 Å². The number of nitrogens with zero attached hydrogens (tertiary/aromatic N) is 1. The van der Waals surface area contributed by atoms with Gasteiger partial charge in [-0.15, -0.1) is 0 Å². The van der Waals surface area contributed by atoms with E-state index in [4.69, 9.17) is 15.2 Å². The second-order valence-corrected chi connectivity index (χ2v) is 6.36. The van der Waals surface area contributed by atoms with Crippen molar-refractivity contribution in [2.75, 3.05) is 19.6 Å². The second-order valence-electron chi connectivity index (χ2n) is 6.36. The van der Waals surface area contributed by atoms with Gasteiger partial charge < -0.3 is 20.5 Å². The van der Waals surface area contributed by atoms with Crippen LogP contribution in [0.25, 0.3) is 0 Å². The number of ether oxygens (including phenoxy) is 2. The topological polar surface area (TPSA) is 93.9 Å². The molecule has 2 aliphatic heterocycles. The maximum absolute atomic E-state index is 12.6. The highest BCUT2D eigenvalue weighted by atomic mass is 16.6. The molecule has 2 heterocycles. The van der Waals surface area contributed by atoms with Crippen molar-refractivity contribution in [2.24, 2.45) is 5.73 Å². The van der Waals surface area contributed by atoms with E-state index in [0.29, 0.717) is 18.0 Å². The summed E-state index contributed by atoms with van der Waals surface area (Å²) in [5, 5.41) is 3.02. The van der Waals surface area contributed by atoms with E-state index in [1.54, 1.807) is 6.07 Å². The van der Waals surface area contributed by atoms with Crippen molar-refractivity contribution < 1.29 is 19.1 Å². The summed E-state index contributed by atoms with van der Waals surface area (Å²) in [6.07, 6.45) is 0.731. The number of nitrogens with one attached hydrogen (secondary N) is 1. The monoisotopic (exact) mass is 333 g/mol. The van der Waals surface area contributed by atoms with Crippen molar-refractivity contribution in [1.29, 1.82) is 0 Å². The van der Waals surface area contributed by atoms with Crippen LogP contribution >= 0.6 is 0 Å². The minimum atomic E-state index is -0.689. The molecule has 1 aromatic carbocycles. The molecule has 24 heavy (non-hydrogen) atoms. The fourth-order valence-electron chi connectivity index (χ4n) is 3.23. The van der Waals surface area contributed by atoms with Gasteiger partial charge in [-0.25, -0.2) is 0 Å². The fourth-order valence-corrected chi connectivity index (χ4v) is 3.23. The van der Waals surface area contributed by atoms with Crippen molar-refractivity contribution in [1.82, 2.24) is 10.2 Å². The van der Waals surface area contributed by atoms with Crippen LogP contribution in [0.2, 0.25) is 0 Å². The van der Waals surface area contributed by atoms with E-state index in [1.807, 2.05) is 30.0 Å². The maximum Gasteiger partial charge on any atom is 0.265 e. The largest absolute Gasteiger partial charge is 0.482 e. The Morgan fingerprint density at radius 3 is 2.71 bits per heavy atom. The van der Waals surface area contributed by atoms with E-state index in [1.165, 1.54) is 0 Å². The average molecular weight is 333 g/mol. The Bertz CT molecular complexity index is 622. The molecule has 0 aliphatic carbocycles. The molecule has 2 amide bonds. The summed E-state index contributed by atoms with van der Waals surface area (Å²) in [4.78, 5) is 25.6. The molecule has 0 radical (unpaired) electrons. The number of likely N-dealkylation sites (tertiary alicyclic amines) is 1. The number of benzene rings is 1. The van der Waals surface area contributed by atoms with Crippen LogP contribution in [0.15, 0.2) is 24.3 Å². The van der Waals surface area contributed by atoms with Crippen LogP contribution in [0, 0.1) is 0 Å². The number of rotatable bonds is 4. The Labute approximate surface area is 141 Å². The van der Waals surface area contributed by atoms with Crippen molar-refractivity contribution in [3.63, 3.8) is 0 Å². The van der Waals surface area contributed by atoms with Crippen molar-refractivity contribution in [2.45, 2.75) is 38.0 Å². The molecule has 3 N–H and O–H groups in total. The van der Waals surface area contributed by atoms with Gasteiger partial charge in [-0.2, -0.15) is 0 Å². The Morgan fingerprint density at radius 2 is 2.00 bits per heavy atom. The molecule has 0 aromatic heterocycles. The Balaban J connectivity index is 1.59. The first kappa shape index (κ1) is 16.6. The average Bonchev–Trinajstić information content (AvgIpc) is 2.53. The predicted octanol–water partition coefficient (Wildman–Crippen LogP) is 0.281. The minimum Gasteiger partial charge on any atom is -0.482 e. The summed E-state index contributed by atoms with van der Waals surface area (Å²) in [7, 11) is 0. The number of amides is 2. The Hall–Kier alpha value is -2.28. The smallest absolute Gasteiger partial charge is 0.265 e. The summed E-state index contributed by atoms with van der Waals surface area (Å²) >= 11 is 0. The normalized spacial score (nSPS) is 26.6. The zero-order valence-corrected chi connectivity index (χ0v) is 13.7. The number of carbonyl (C=O) groups excluding carboxylic acids is 2. The van der Waals surface area contributed by atoms with Gasteiger partial charge >= 0.3 is 0 Å². The number of primary amides is 1. The van der Waals surface area contributed by atoms with Gasteiger partial charge in [0, 0.05) is 12.6 Å². The van der Waals surface area contributed by atoms with Crippen molar-refractivity contribution in [3.8, 4) is 11.5 Å². The predicted molar refractivity (Wildman–Crippen MR) is 87.7 cm³/mol. The first-order valence-electron chi connectivity index (χ1n) is 8.26. The van der Waals surface area contributed by atoms with E-state index >= 15 is 0 Å². The fraction of sp³-hybridized carbons (Fsp3) is 0.529. The molecule has 1 aromatic rings. The molecule has 3 atom stereocenters. The van der Waals surface area contributed by atoms with Crippen LogP contribution in [-0.4, -0.2) is 54.6 Å². The van der Waals surface area contributed by atoms with Gasteiger partial charge in [0.15, 0.2) is 11.5 Å². The molecule has 130 valence electrons. The van der Waals surface area contributed by atoms with Gasteiger partial charge in [-0.1, -0.05) is 12.1 Å². The number of nitrogens with two attached hydrogens (primary N) is 1. The lowest BCUT2D eigenvalue weighted by molar-refractivity contribution is -0.134. The SMILES string of the molecule is C[C@@H]1Oc2ccccc2O[C@H]1C(=O)N[C@@H]1CCCN(CC(N)=O)C1. The number of carbonyl (C=O) groups is 2. The standard InChI is InChI=1S/C17H23N3O4/c1-11-16(24-14-7-3-2-6-13(14)23-11)17(22)19-12-5-4-8-20(9-12)10-15(18)21/h2-3,6-7,11-12,16H,4-5,8-10H2,1H3,(H2,18,21)(H,19,22)/t11-,12+,16+/m0/s1. The molecule has 0 unspecified atom stereocenters. The van der Waals surface area contributed by atoms with Gasteiger partial charge in [0.05, 0.1) is 6.54 Å². The van der Waals surface area contributed by atoms with Crippen LogP contribution < -0.4 is 20.5 Å². The highest BCUT2D eigenvalue weighted by Crippen LogP contribution is 2.33. The third-order valence-electron chi connectivity index (χ3n) is 4.33. The van der Waals surface area contributed by atoms with Gasteiger partial charge in [-0.05, 0) is 38.4 Å². The number of piperidine rings is 1. The van der Waals surface area contributed by atoms with E-state index in [-0.39, 0.29) is 30.5 Å². The number of hydrogen-bond acceptors (Lipinski definition) is 5. The third kappa shape index (κ3) is 3.79. The quantitative estimate of drug-likeness (QED) is 0.825. The van der Waals surface area contributed by atoms with E-state index < -0.39 is 6.10 Å². The zero-order valence-electron chi connectivity index (χ0n) is 13.7. The molecular formula is C17H23N3O4. The van der Waals surface area contributed by atoms with Gasteiger partial charge in [0.1, 0.15) is 6.10 Å². The summed E-state index contributed by atoms with van der Waals surface area (Å²) in [5.41, 5.74) is 5.25. The highest BCUT2D eigenvalue weighted by Gasteiger charge is 2.35. The number of para-hydroxylation sites is 2. The van der Waals surface area contributed by atoms with Crippen LogP contribution in [0.4, 0.5) is 0 Å². The van der Waals surface area contributed by atoms with Crippen molar-refractivity contribution in [3.05, 3.63) is 24.3 Å². The maximum atomic E-state index is 12.6. The Morgan fingerprint density at radius 1 is 1.29 bits per heavy atom. The molecule has 7 nitrogen and oxygen atoms in total. The molecular weight excluding hydrogens is 310 g/mol. The van der Waals surface area contributed by atoms with Gasteiger partial charge in [0.25, 0.3) is 5.91 Å². The molecule has 2 aliphatic rings. The lowest BCUT2D eigenvalue weighted by Gasteiger charge is -2.35. The van der Waals surface area contributed by atoms with Crippen LogP contribution in [0.1, 0.15) is 19.8 Å². The second kappa shape index (κ2) is 7.09. The number of hydrogen-bond donors (Lipinski definition) is 2.